The number of esters is 1. The Labute approximate surface area is 102 Å². The van der Waals surface area contributed by atoms with E-state index in [-0.39, 0.29) is 12.6 Å². The van der Waals surface area contributed by atoms with E-state index in [1.807, 2.05) is 24.3 Å². The number of rotatable bonds is 6. The Morgan fingerprint density at radius 2 is 2.00 bits per heavy atom. The lowest BCUT2D eigenvalue weighted by Gasteiger charge is -2.04. The van der Waals surface area contributed by atoms with Gasteiger partial charge in [0, 0.05) is 0 Å². The van der Waals surface area contributed by atoms with Gasteiger partial charge in [-0.25, -0.2) is 4.79 Å². The van der Waals surface area contributed by atoms with Crippen LogP contribution in [0.2, 0.25) is 0 Å². The molecule has 0 saturated heterocycles. The van der Waals surface area contributed by atoms with E-state index < -0.39 is 0 Å². The van der Waals surface area contributed by atoms with Gasteiger partial charge in [-0.1, -0.05) is 25.5 Å². The lowest BCUT2D eigenvalue weighted by molar-refractivity contribution is 0.0529. The summed E-state index contributed by atoms with van der Waals surface area (Å²) in [6.45, 7) is 2.43. The Balaban J connectivity index is 2.53. The number of halogens is 1. The van der Waals surface area contributed by atoms with Gasteiger partial charge in [0.25, 0.3) is 0 Å². The van der Waals surface area contributed by atoms with Gasteiger partial charge in [-0.2, -0.15) is 0 Å². The second-order valence-corrected chi connectivity index (χ2v) is 4.00. The fourth-order valence-corrected chi connectivity index (χ4v) is 1.48. The van der Waals surface area contributed by atoms with Gasteiger partial charge in [0.2, 0.25) is 0 Å². The Hall–Kier alpha value is -1.02. The highest BCUT2D eigenvalue weighted by molar-refractivity contribution is 6.18. The average molecular weight is 241 g/mol. The molecule has 0 fully saturated rings. The van der Waals surface area contributed by atoms with Gasteiger partial charge >= 0.3 is 5.97 Å². The molecule has 3 heteroatoms. The summed E-state index contributed by atoms with van der Waals surface area (Å²) in [5.41, 5.74) is 1.85. The van der Waals surface area contributed by atoms with Crippen molar-refractivity contribution in [3.8, 4) is 0 Å². The molecule has 0 aliphatic carbocycles. The van der Waals surface area contributed by atoms with Crippen LogP contribution < -0.4 is 0 Å². The van der Waals surface area contributed by atoms with Crippen LogP contribution in [0.1, 0.15) is 35.7 Å². The molecular formula is C13H17ClO2. The van der Waals surface area contributed by atoms with Crippen molar-refractivity contribution in [1.82, 2.24) is 0 Å². The van der Waals surface area contributed by atoms with Gasteiger partial charge < -0.3 is 4.74 Å². The molecule has 0 heterocycles. The highest BCUT2D eigenvalue weighted by atomic mass is 35.5. The molecule has 0 saturated carbocycles. The van der Waals surface area contributed by atoms with Crippen LogP contribution in [0.5, 0.6) is 0 Å². The fraction of sp³-hybridized carbons (Fsp3) is 0.462. The Kier molecular flexibility index (Phi) is 5.94. The van der Waals surface area contributed by atoms with Crippen LogP contribution >= 0.6 is 11.6 Å². The molecule has 0 spiro atoms. The molecule has 88 valence electrons. The molecule has 1 aromatic rings. The summed E-state index contributed by atoms with van der Waals surface area (Å²) >= 11 is 5.44. The van der Waals surface area contributed by atoms with Crippen molar-refractivity contribution in [2.24, 2.45) is 0 Å². The summed E-state index contributed by atoms with van der Waals surface area (Å²) in [6.07, 6.45) is 3.42. The maximum absolute atomic E-state index is 11.4. The number of benzene rings is 1. The second kappa shape index (κ2) is 7.29. The number of carbonyl (C=O) groups is 1. The molecule has 0 aromatic heterocycles. The SMILES string of the molecule is CCCCc1ccc(C(=O)OCCCl)cc1. The predicted molar refractivity (Wildman–Crippen MR) is 66.1 cm³/mol. The Morgan fingerprint density at radius 1 is 1.31 bits per heavy atom. The zero-order chi connectivity index (χ0) is 11.8. The quantitative estimate of drug-likeness (QED) is 0.563. The molecule has 16 heavy (non-hydrogen) atoms. The molecule has 0 atom stereocenters. The first kappa shape index (κ1) is 13.0. The van der Waals surface area contributed by atoms with E-state index in [1.54, 1.807) is 0 Å². The number of aryl methyl sites for hydroxylation is 1. The first-order valence-corrected chi connectivity index (χ1v) is 6.13. The molecule has 0 unspecified atom stereocenters. The summed E-state index contributed by atoms with van der Waals surface area (Å²) < 4.78 is 4.93. The minimum atomic E-state index is -0.303. The zero-order valence-corrected chi connectivity index (χ0v) is 10.3. The van der Waals surface area contributed by atoms with Gasteiger partial charge in [0.05, 0.1) is 11.4 Å². The van der Waals surface area contributed by atoms with Gasteiger partial charge in [-0.3, -0.25) is 0 Å². The van der Waals surface area contributed by atoms with Gasteiger partial charge in [-0.05, 0) is 30.5 Å². The minimum Gasteiger partial charge on any atom is -0.461 e. The topological polar surface area (TPSA) is 26.3 Å². The molecule has 0 N–H and O–H groups in total. The summed E-state index contributed by atoms with van der Waals surface area (Å²) in [5.74, 6) is 0.0306. The number of carbonyl (C=O) groups excluding carboxylic acids is 1. The van der Waals surface area contributed by atoms with E-state index in [9.17, 15) is 4.79 Å². The van der Waals surface area contributed by atoms with Crippen LogP contribution in [0.15, 0.2) is 24.3 Å². The third-order valence-electron chi connectivity index (χ3n) is 2.32. The second-order valence-electron chi connectivity index (χ2n) is 3.63. The Bertz CT molecular complexity index is 319. The lowest BCUT2D eigenvalue weighted by Crippen LogP contribution is -2.07. The van der Waals surface area contributed by atoms with Gasteiger partial charge in [0.15, 0.2) is 0 Å². The van der Waals surface area contributed by atoms with Crippen LogP contribution in [-0.4, -0.2) is 18.5 Å². The van der Waals surface area contributed by atoms with Crippen molar-refractivity contribution < 1.29 is 9.53 Å². The molecule has 0 aliphatic heterocycles. The summed E-state index contributed by atoms with van der Waals surface area (Å²) in [6, 6.07) is 7.57. The molecule has 0 aliphatic rings. The van der Waals surface area contributed by atoms with Crippen LogP contribution in [0, 0.1) is 0 Å². The van der Waals surface area contributed by atoms with Gasteiger partial charge in [-0.15, -0.1) is 11.6 Å². The molecule has 1 aromatic carbocycles. The first-order valence-electron chi connectivity index (χ1n) is 5.60. The molecule has 0 amide bonds. The van der Waals surface area contributed by atoms with Crippen LogP contribution in [0.4, 0.5) is 0 Å². The largest absolute Gasteiger partial charge is 0.461 e. The third kappa shape index (κ3) is 4.23. The fourth-order valence-electron chi connectivity index (χ4n) is 1.40. The number of hydrogen-bond donors (Lipinski definition) is 0. The third-order valence-corrected chi connectivity index (χ3v) is 2.47. The monoisotopic (exact) mass is 240 g/mol. The number of alkyl halides is 1. The van der Waals surface area contributed by atoms with Crippen LogP contribution in [0.3, 0.4) is 0 Å². The van der Waals surface area contributed by atoms with E-state index in [2.05, 4.69) is 6.92 Å². The normalized spacial score (nSPS) is 10.1. The predicted octanol–water partition coefficient (Wildman–Crippen LogP) is 3.42. The van der Waals surface area contributed by atoms with Crippen LogP contribution in [0.25, 0.3) is 0 Å². The highest BCUT2D eigenvalue weighted by Gasteiger charge is 2.05. The first-order chi connectivity index (χ1) is 7.77. The van der Waals surface area contributed by atoms with Crippen molar-refractivity contribution in [2.75, 3.05) is 12.5 Å². The maximum atomic E-state index is 11.4. The van der Waals surface area contributed by atoms with Crippen molar-refractivity contribution in [3.05, 3.63) is 35.4 Å². The van der Waals surface area contributed by atoms with E-state index in [4.69, 9.17) is 16.3 Å². The summed E-state index contributed by atoms with van der Waals surface area (Å²) in [4.78, 5) is 11.4. The molecular weight excluding hydrogens is 224 g/mol. The van der Waals surface area contributed by atoms with Crippen LogP contribution in [-0.2, 0) is 11.2 Å². The standard InChI is InChI=1S/C13H17ClO2/c1-2-3-4-11-5-7-12(8-6-11)13(15)16-10-9-14/h5-8H,2-4,9-10H2,1H3. The molecule has 0 bridgehead atoms. The smallest absolute Gasteiger partial charge is 0.338 e. The Morgan fingerprint density at radius 3 is 2.56 bits per heavy atom. The molecule has 1 rings (SSSR count). The summed E-state index contributed by atoms with van der Waals surface area (Å²) in [5, 5.41) is 0. The van der Waals surface area contributed by atoms with E-state index in [1.165, 1.54) is 18.4 Å². The highest BCUT2D eigenvalue weighted by Crippen LogP contribution is 2.09. The number of ether oxygens (including phenoxy) is 1. The van der Waals surface area contributed by atoms with Crippen molar-refractivity contribution in [3.63, 3.8) is 0 Å². The lowest BCUT2D eigenvalue weighted by atomic mass is 10.1. The molecule has 2 nitrogen and oxygen atoms in total. The number of hydrogen-bond acceptors (Lipinski definition) is 2. The van der Waals surface area contributed by atoms with Gasteiger partial charge in [0.1, 0.15) is 6.61 Å². The maximum Gasteiger partial charge on any atom is 0.338 e. The zero-order valence-electron chi connectivity index (χ0n) is 9.54. The van der Waals surface area contributed by atoms with E-state index in [0.29, 0.717) is 11.4 Å². The summed E-state index contributed by atoms with van der Waals surface area (Å²) in [7, 11) is 0. The number of unbranched alkanes of at least 4 members (excludes halogenated alkanes) is 1. The van der Waals surface area contributed by atoms with Crippen molar-refractivity contribution in [1.29, 1.82) is 0 Å². The van der Waals surface area contributed by atoms with E-state index >= 15 is 0 Å². The average Bonchev–Trinajstić information content (AvgIpc) is 2.34. The van der Waals surface area contributed by atoms with Crippen molar-refractivity contribution in [2.45, 2.75) is 26.2 Å². The minimum absolute atomic E-state index is 0.262. The van der Waals surface area contributed by atoms with E-state index in [0.717, 1.165) is 6.42 Å². The molecule has 0 radical (unpaired) electrons. The van der Waals surface area contributed by atoms with Crippen molar-refractivity contribution >= 4 is 17.6 Å².